The van der Waals surface area contributed by atoms with Gasteiger partial charge in [-0.05, 0) is 35.9 Å². The first kappa shape index (κ1) is 17.5. The molecule has 0 bridgehead atoms. The second-order valence-corrected chi connectivity index (χ2v) is 7.21. The standard InChI is InChI=1S/C20H14FN5O2S/c21-12-3-4-15-14(8-12)11(9-23-15)5-7-28-19-16-20(29-10-24-16)26-17(25-19)13-2-1-6-22-18(13)27/h1-4,6,8-10,23H,5,7H2,(H,22,27). The number of nitrogens with one attached hydrogen (secondary N) is 2. The summed E-state index contributed by atoms with van der Waals surface area (Å²) in [7, 11) is 0. The normalized spacial score (nSPS) is 11.3. The Morgan fingerprint density at radius 1 is 1.17 bits per heavy atom. The molecule has 0 radical (unpaired) electrons. The second kappa shape index (κ2) is 7.10. The molecule has 7 nitrogen and oxygen atoms in total. The van der Waals surface area contributed by atoms with Crippen LogP contribution >= 0.6 is 11.3 Å². The summed E-state index contributed by atoms with van der Waals surface area (Å²) in [6, 6.07) is 8.01. The van der Waals surface area contributed by atoms with E-state index in [-0.39, 0.29) is 17.2 Å². The number of pyridine rings is 1. The summed E-state index contributed by atoms with van der Waals surface area (Å²) in [6.07, 6.45) is 3.96. The Hall–Kier alpha value is -3.59. The lowest BCUT2D eigenvalue weighted by Crippen LogP contribution is -2.10. The number of hydrogen-bond donors (Lipinski definition) is 2. The predicted octanol–water partition coefficient (Wildman–Crippen LogP) is 3.68. The van der Waals surface area contributed by atoms with E-state index in [1.165, 1.54) is 23.5 Å². The smallest absolute Gasteiger partial charge is 0.259 e. The van der Waals surface area contributed by atoms with Crippen molar-refractivity contribution in [3.05, 3.63) is 70.0 Å². The second-order valence-electron chi connectivity index (χ2n) is 6.37. The van der Waals surface area contributed by atoms with Crippen LogP contribution in [0.3, 0.4) is 0 Å². The minimum absolute atomic E-state index is 0.275. The number of ether oxygens (including phenoxy) is 1. The maximum Gasteiger partial charge on any atom is 0.259 e. The van der Waals surface area contributed by atoms with Crippen LogP contribution in [-0.2, 0) is 6.42 Å². The summed E-state index contributed by atoms with van der Waals surface area (Å²) in [4.78, 5) is 31.6. The van der Waals surface area contributed by atoms with Gasteiger partial charge in [-0.15, -0.1) is 11.3 Å². The molecular formula is C20H14FN5O2S. The molecule has 2 N–H and O–H groups in total. The molecule has 0 unspecified atom stereocenters. The number of fused-ring (bicyclic) bond motifs is 2. The Labute approximate surface area is 167 Å². The molecule has 0 aliphatic carbocycles. The Balaban J connectivity index is 1.44. The summed E-state index contributed by atoms with van der Waals surface area (Å²) in [5.41, 5.74) is 4.12. The average Bonchev–Trinajstić information content (AvgIpc) is 3.35. The van der Waals surface area contributed by atoms with Crippen LogP contribution in [0.25, 0.3) is 32.6 Å². The van der Waals surface area contributed by atoms with E-state index in [2.05, 4.69) is 24.9 Å². The van der Waals surface area contributed by atoms with Crippen LogP contribution < -0.4 is 10.3 Å². The third-order valence-electron chi connectivity index (χ3n) is 4.56. The lowest BCUT2D eigenvalue weighted by atomic mass is 10.1. The molecule has 1 aromatic carbocycles. The van der Waals surface area contributed by atoms with E-state index >= 15 is 0 Å². The van der Waals surface area contributed by atoms with Crippen LogP contribution in [-0.4, -0.2) is 31.5 Å². The fourth-order valence-corrected chi connectivity index (χ4v) is 3.82. The van der Waals surface area contributed by atoms with Crippen LogP contribution in [0, 0.1) is 5.82 Å². The Bertz CT molecular complexity index is 1390. The monoisotopic (exact) mass is 407 g/mol. The molecule has 5 rings (SSSR count). The Kier molecular flexibility index (Phi) is 4.28. The highest BCUT2D eigenvalue weighted by molar-refractivity contribution is 7.16. The highest BCUT2D eigenvalue weighted by atomic mass is 32.1. The van der Waals surface area contributed by atoms with Gasteiger partial charge in [0.05, 0.1) is 17.7 Å². The summed E-state index contributed by atoms with van der Waals surface area (Å²) < 4.78 is 19.5. The number of rotatable bonds is 5. The Morgan fingerprint density at radius 3 is 3.00 bits per heavy atom. The van der Waals surface area contributed by atoms with Crippen molar-refractivity contribution >= 4 is 32.6 Å². The van der Waals surface area contributed by atoms with Gasteiger partial charge in [-0.3, -0.25) is 4.79 Å². The van der Waals surface area contributed by atoms with Crippen LogP contribution in [0.2, 0.25) is 0 Å². The van der Waals surface area contributed by atoms with Crippen molar-refractivity contribution in [3.63, 3.8) is 0 Å². The van der Waals surface area contributed by atoms with E-state index in [9.17, 15) is 9.18 Å². The zero-order valence-electron chi connectivity index (χ0n) is 15.0. The van der Waals surface area contributed by atoms with E-state index in [0.717, 1.165) is 16.5 Å². The molecule has 0 aliphatic heterocycles. The number of aromatic nitrogens is 5. The minimum atomic E-state index is -0.281. The molecule has 0 fully saturated rings. The van der Waals surface area contributed by atoms with E-state index in [1.54, 1.807) is 29.9 Å². The van der Waals surface area contributed by atoms with E-state index in [4.69, 9.17) is 4.74 Å². The summed E-state index contributed by atoms with van der Waals surface area (Å²) in [5, 5.41) is 0.826. The van der Waals surface area contributed by atoms with Crippen LogP contribution in [0.5, 0.6) is 5.88 Å². The van der Waals surface area contributed by atoms with E-state index in [1.807, 2.05) is 6.20 Å². The van der Waals surface area contributed by atoms with Gasteiger partial charge < -0.3 is 14.7 Å². The van der Waals surface area contributed by atoms with Gasteiger partial charge >= 0.3 is 0 Å². The van der Waals surface area contributed by atoms with Crippen molar-refractivity contribution in [1.29, 1.82) is 0 Å². The Morgan fingerprint density at radius 2 is 2.10 bits per heavy atom. The largest absolute Gasteiger partial charge is 0.476 e. The third kappa shape index (κ3) is 3.25. The van der Waals surface area contributed by atoms with Crippen LogP contribution in [0.15, 0.2) is 53.0 Å². The topological polar surface area (TPSA) is 96.6 Å². The first-order valence-electron chi connectivity index (χ1n) is 8.86. The molecule has 0 atom stereocenters. The molecule has 9 heteroatoms. The molecule has 4 heterocycles. The number of H-pyrrole nitrogens is 2. The maximum absolute atomic E-state index is 13.6. The zero-order chi connectivity index (χ0) is 19.8. The molecule has 0 aliphatic rings. The molecular weight excluding hydrogens is 393 g/mol. The number of nitrogens with zero attached hydrogens (tertiary/aromatic N) is 3. The van der Waals surface area contributed by atoms with Crippen LogP contribution in [0.4, 0.5) is 4.39 Å². The van der Waals surface area contributed by atoms with Crippen molar-refractivity contribution < 1.29 is 9.13 Å². The number of halogens is 1. The fraction of sp³-hybridized carbons (Fsp3) is 0.100. The SMILES string of the molecule is O=c1[nH]cccc1-c1nc(OCCc2c[nH]c3ccc(F)cc23)c2ncsc2n1. The van der Waals surface area contributed by atoms with Crippen molar-refractivity contribution in [2.75, 3.05) is 6.61 Å². The van der Waals surface area contributed by atoms with E-state index < -0.39 is 0 Å². The van der Waals surface area contributed by atoms with Crippen LogP contribution in [0.1, 0.15) is 5.56 Å². The molecule has 0 spiro atoms. The van der Waals surface area contributed by atoms with Crippen molar-refractivity contribution in [1.82, 2.24) is 24.9 Å². The number of thiazole rings is 1. The predicted molar refractivity (Wildman–Crippen MR) is 109 cm³/mol. The van der Waals surface area contributed by atoms with E-state index in [0.29, 0.717) is 34.8 Å². The quantitative estimate of drug-likeness (QED) is 0.463. The first-order chi connectivity index (χ1) is 14.2. The molecule has 5 aromatic rings. The molecule has 0 saturated heterocycles. The number of benzene rings is 1. The minimum Gasteiger partial charge on any atom is -0.476 e. The van der Waals surface area contributed by atoms with Crippen molar-refractivity contribution in [3.8, 4) is 17.3 Å². The highest BCUT2D eigenvalue weighted by Gasteiger charge is 2.15. The average molecular weight is 407 g/mol. The molecule has 29 heavy (non-hydrogen) atoms. The first-order valence-corrected chi connectivity index (χ1v) is 9.74. The van der Waals surface area contributed by atoms with Gasteiger partial charge in [-0.25, -0.2) is 14.4 Å². The molecule has 0 saturated carbocycles. The lowest BCUT2D eigenvalue weighted by molar-refractivity contribution is 0.313. The maximum atomic E-state index is 13.6. The van der Waals surface area contributed by atoms with Gasteiger partial charge in [0.25, 0.3) is 5.56 Å². The number of hydrogen-bond acceptors (Lipinski definition) is 6. The van der Waals surface area contributed by atoms with Gasteiger partial charge in [0.15, 0.2) is 16.2 Å². The van der Waals surface area contributed by atoms with Crippen molar-refractivity contribution in [2.45, 2.75) is 6.42 Å². The van der Waals surface area contributed by atoms with Gasteiger partial charge in [-0.1, -0.05) is 0 Å². The van der Waals surface area contributed by atoms with Gasteiger partial charge in [0, 0.05) is 29.7 Å². The zero-order valence-corrected chi connectivity index (χ0v) is 15.8. The highest BCUT2D eigenvalue weighted by Crippen LogP contribution is 2.27. The van der Waals surface area contributed by atoms with Gasteiger partial charge in [-0.2, -0.15) is 4.98 Å². The molecule has 4 aromatic heterocycles. The summed E-state index contributed by atoms with van der Waals surface area (Å²) in [6.45, 7) is 0.317. The van der Waals surface area contributed by atoms with Gasteiger partial charge in [0.1, 0.15) is 5.82 Å². The third-order valence-corrected chi connectivity index (χ3v) is 5.28. The molecule has 144 valence electrons. The fourth-order valence-electron chi connectivity index (χ4n) is 3.17. The summed E-state index contributed by atoms with van der Waals surface area (Å²) in [5.74, 6) is 0.324. The number of aromatic amines is 2. The van der Waals surface area contributed by atoms with Crippen molar-refractivity contribution in [2.24, 2.45) is 0 Å². The summed E-state index contributed by atoms with van der Waals surface area (Å²) >= 11 is 1.35. The van der Waals surface area contributed by atoms with Gasteiger partial charge in [0.2, 0.25) is 5.88 Å². The lowest BCUT2D eigenvalue weighted by Gasteiger charge is -2.07. The molecule has 0 amide bonds.